The maximum absolute atomic E-state index is 12.8. The Hall–Kier alpha value is -2.40. The Morgan fingerprint density at radius 1 is 1.12 bits per heavy atom. The first-order valence-corrected chi connectivity index (χ1v) is 8.90. The van der Waals surface area contributed by atoms with Gasteiger partial charge in [-0.25, -0.2) is 4.98 Å². The molecule has 5 nitrogen and oxygen atoms in total. The van der Waals surface area contributed by atoms with Crippen molar-refractivity contribution in [3.8, 4) is 0 Å². The van der Waals surface area contributed by atoms with Crippen LogP contribution < -0.4 is 10.2 Å². The van der Waals surface area contributed by atoms with E-state index in [2.05, 4.69) is 27.3 Å². The van der Waals surface area contributed by atoms with Crippen LogP contribution in [0.1, 0.15) is 24.0 Å². The molecule has 0 atom stereocenters. The number of nitrogens with zero attached hydrogens (tertiary/aromatic N) is 2. The minimum Gasteiger partial charge on any atom is -0.378 e. The number of amides is 1. The van der Waals surface area contributed by atoms with Crippen molar-refractivity contribution in [1.29, 1.82) is 0 Å². The van der Waals surface area contributed by atoms with Crippen molar-refractivity contribution in [2.45, 2.75) is 24.8 Å². The molecule has 0 radical (unpaired) electrons. The van der Waals surface area contributed by atoms with E-state index in [4.69, 9.17) is 4.74 Å². The van der Waals surface area contributed by atoms with Crippen LogP contribution >= 0.6 is 0 Å². The van der Waals surface area contributed by atoms with Gasteiger partial charge in [-0.2, -0.15) is 0 Å². The van der Waals surface area contributed by atoms with Crippen LogP contribution in [0.15, 0.2) is 48.7 Å². The van der Waals surface area contributed by atoms with Crippen molar-refractivity contribution in [2.24, 2.45) is 0 Å². The van der Waals surface area contributed by atoms with Crippen LogP contribution in [0.3, 0.4) is 0 Å². The van der Waals surface area contributed by atoms with Crippen molar-refractivity contribution in [1.82, 2.24) is 10.3 Å². The molecule has 1 aliphatic carbocycles. The quantitative estimate of drug-likeness (QED) is 0.909. The molecule has 1 saturated heterocycles. The summed E-state index contributed by atoms with van der Waals surface area (Å²) in [5.74, 6) is 1.08. The Morgan fingerprint density at radius 3 is 2.60 bits per heavy atom. The summed E-state index contributed by atoms with van der Waals surface area (Å²) in [6, 6.07) is 14.1. The van der Waals surface area contributed by atoms with E-state index in [0.29, 0.717) is 6.54 Å². The van der Waals surface area contributed by atoms with Crippen molar-refractivity contribution < 1.29 is 9.53 Å². The fourth-order valence-corrected chi connectivity index (χ4v) is 3.50. The van der Waals surface area contributed by atoms with E-state index in [1.807, 2.05) is 36.5 Å². The number of rotatable bonds is 5. The molecular formula is C20H23N3O2. The Labute approximate surface area is 148 Å². The summed E-state index contributed by atoms with van der Waals surface area (Å²) in [5, 5.41) is 3.14. The summed E-state index contributed by atoms with van der Waals surface area (Å²) in [5.41, 5.74) is 1.84. The third-order valence-electron chi connectivity index (χ3n) is 5.13. The van der Waals surface area contributed by atoms with Crippen LogP contribution in [0.2, 0.25) is 0 Å². The molecule has 1 amide bonds. The molecule has 4 rings (SSSR count). The highest BCUT2D eigenvalue weighted by Crippen LogP contribution is 2.48. The van der Waals surface area contributed by atoms with Gasteiger partial charge in [-0.05, 0) is 24.5 Å². The van der Waals surface area contributed by atoms with Gasteiger partial charge < -0.3 is 15.0 Å². The number of hydrogen-bond donors (Lipinski definition) is 1. The Bertz CT molecular complexity index is 738. The maximum Gasteiger partial charge on any atom is 0.230 e. The molecule has 2 aromatic rings. The van der Waals surface area contributed by atoms with Crippen LogP contribution in [0.25, 0.3) is 0 Å². The fourth-order valence-electron chi connectivity index (χ4n) is 3.50. The minimum absolute atomic E-state index is 0.121. The normalized spacial score (nSPS) is 18.6. The first kappa shape index (κ1) is 16.1. The van der Waals surface area contributed by atoms with Gasteiger partial charge in [0.25, 0.3) is 0 Å². The van der Waals surface area contributed by atoms with Gasteiger partial charge in [-0.15, -0.1) is 0 Å². The fraction of sp³-hybridized carbons (Fsp3) is 0.400. The van der Waals surface area contributed by atoms with E-state index < -0.39 is 0 Å². The zero-order valence-corrected chi connectivity index (χ0v) is 14.3. The molecule has 1 saturated carbocycles. The van der Waals surface area contributed by atoms with Gasteiger partial charge in [-0.3, -0.25) is 4.79 Å². The first-order valence-electron chi connectivity index (χ1n) is 8.90. The van der Waals surface area contributed by atoms with Gasteiger partial charge in [0.2, 0.25) is 5.91 Å². The minimum atomic E-state index is -0.331. The molecule has 0 spiro atoms. The van der Waals surface area contributed by atoms with Gasteiger partial charge in [-0.1, -0.05) is 36.4 Å². The number of aromatic nitrogens is 1. The van der Waals surface area contributed by atoms with Crippen LogP contribution in [-0.2, 0) is 21.5 Å². The molecule has 2 heterocycles. The Balaban J connectivity index is 1.46. The SMILES string of the molecule is O=C(NCc1cccnc1N1CCOCC1)C1(c2ccccc2)CC1. The zero-order valence-electron chi connectivity index (χ0n) is 14.3. The number of hydrogen-bond acceptors (Lipinski definition) is 4. The van der Waals surface area contributed by atoms with E-state index in [9.17, 15) is 4.79 Å². The lowest BCUT2D eigenvalue weighted by Crippen LogP contribution is -2.38. The lowest BCUT2D eigenvalue weighted by molar-refractivity contribution is -0.123. The standard InChI is InChI=1S/C20H23N3O2/c24-19(20(8-9-20)17-6-2-1-3-7-17)22-15-16-5-4-10-21-18(16)23-11-13-25-14-12-23/h1-7,10H,8-9,11-15H2,(H,22,24). The average Bonchev–Trinajstić information content (AvgIpc) is 3.50. The molecule has 2 aliphatic rings. The predicted octanol–water partition coefficient (Wildman–Crippen LogP) is 2.27. The summed E-state index contributed by atoms with van der Waals surface area (Å²) in [6.45, 7) is 3.63. The second-order valence-electron chi connectivity index (χ2n) is 6.72. The van der Waals surface area contributed by atoms with Crippen molar-refractivity contribution in [3.63, 3.8) is 0 Å². The summed E-state index contributed by atoms with van der Waals surface area (Å²) < 4.78 is 5.42. The molecule has 1 aromatic carbocycles. The highest BCUT2D eigenvalue weighted by Gasteiger charge is 2.50. The second-order valence-corrected chi connectivity index (χ2v) is 6.72. The van der Waals surface area contributed by atoms with Crippen LogP contribution in [0.4, 0.5) is 5.82 Å². The smallest absolute Gasteiger partial charge is 0.230 e. The second kappa shape index (κ2) is 6.84. The molecule has 0 unspecified atom stereocenters. The molecule has 5 heteroatoms. The molecule has 25 heavy (non-hydrogen) atoms. The van der Waals surface area contributed by atoms with E-state index in [1.54, 1.807) is 0 Å². The lowest BCUT2D eigenvalue weighted by Gasteiger charge is -2.29. The molecule has 1 N–H and O–H groups in total. The van der Waals surface area contributed by atoms with Gasteiger partial charge in [0.15, 0.2) is 0 Å². The lowest BCUT2D eigenvalue weighted by atomic mass is 9.95. The zero-order chi connectivity index (χ0) is 17.1. The third kappa shape index (κ3) is 3.24. The Kier molecular flexibility index (Phi) is 4.40. The summed E-state index contributed by atoms with van der Waals surface area (Å²) in [4.78, 5) is 19.6. The van der Waals surface area contributed by atoms with Crippen LogP contribution in [0, 0.1) is 0 Å². The largest absolute Gasteiger partial charge is 0.378 e. The highest BCUT2D eigenvalue weighted by atomic mass is 16.5. The number of carbonyl (C=O) groups is 1. The van der Waals surface area contributed by atoms with Crippen molar-refractivity contribution >= 4 is 11.7 Å². The number of anilines is 1. The van der Waals surface area contributed by atoms with E-state index >= 15 is 0 Å². The van der Waals surface area contributed by atoms with Gasteiger partial charge in [0.05, 0.1) is 18.6 Å². The number of pyridine rings is 1. The van der Waals surface area contributed by atoms with Crippen molar-refractivity contribution in [2.75, 3.05) is 31.2 Å². The average molecular weight is 337 g/mol. The third-order valence-corrected chi connectivity index (χ3v) is 5.13. The first-order chi connectivity index (χ1) is 12.3. The molecular weight excluding hydrogens is 314 g/mol. The van der Waals surface area contributed by atoms with Gasteiger partial charge >= 0.3 is 0 Å². The maximum atomic E-state index is 12.8. The summed E-state index contributed by atoms with van der Waals surface area (Å²) in [6.07, 6.45) is 3.65. The summed E-state index contributed by atoms with van der Waals surface area (Å²) >= 11 is 0. The highest BCUT2D eigenvalue weighted by molar-refractivity contribution is 5.91. The Morgan fingerprint density at radius 2 is 1.88 bits per heavy atom. The summed E-state index contributed by atoms with van der Waals surface area (Å²) in [7, 11) is 0. The molecule has 1 aliphatic heterocycles. The molecule has 2 fully saturated rings. The number of carbonyl (C=O) groups excluding carboxylic acids is 1. The van der Waals surface area contributed by atoms with Gasteiger partial charge in [0, 0.05) is 31.4 Å². The topological polar surface area (TPSA) is 54.5 Å². The number of ether oxygens (including phenoxy) is 1. The number of nitrogens with one attached hydrogen (secondary N) is 1. The van der Waals surface area contributed by atoms with Crippen LogP contribution in [0.5, 0.6) is 0 Å². The number of morpholine rings is 1. The monoisotopic (exact) mass is 337 g/mol. The van der Waals surface area contributed by atoms with E-state index in [1.165, 1.54) is 0 Å². The molecule has 130 valence electrons. The van der Waals surface area contributed by atoms with E-state index in [0.717, 1.165) is 56.1 Å². The predicted molar refractivity (Wildman–Crippen MR) is 96.5 cm³/mol. The molecule has 1 aromatic heterocycles. The van der Waals surface area contributed by atoms with Gasteiger partial charge in [0.1, 0.15) is 5.82 Å². The number of benzene rings is 1. The molecule has 0 bridgehead atoms. The van der Waals surface area contributed by atoms with E-state index in [-0.39, 0.29) is 11.3 Å². The van der Waals surface area contributed by atoms with Crippen molar-refractivity contribution in [3.05, 3.63) is 59.8 Å². The van der Waals surface area contributed by atoms with Crippen LogP contribution in [-0.4, -0.2) is 37.2 Å².